The Morgan fingerprint density at radius 1 is 1.80 bits per heavy atom. The third-order valence-corrected chi connectivity index (χ3v) is 0.962. The molecule has 0 saturated carbocycles. The predicted molar refractivity (Wildman–Crippen MR) is 42.2 cm³/mol. The number of thiocarbonyl (C=S) groups is 1. The number of ether oxygens (including phenoxy) is 1. The molecule has 0 spiro atoms. The number of hydrogen-bond acceptors (Lipinski definition) is 5. The molecule has 0 amide bonds. The lowest BCUT2D eigenvalue weighted by atomic mass is 10.4. The van der Waals surface area contributed by atoms with Crippen LogP contribution in [0.25, 0.3) is 0 Å². The Morgan fingerprint density at radius 2 is 2.40 bits per heavy atom. The predicted octanol–water partition coefficient (Wildman–Crippen LogP) is -0.266. The van der Waals surface area contributed by atoms with E-state index in [0.717, 1.165) is 5.37 Å². The van der Waals surface area contributed by atoms with Crippen molar-refractivity contribution >= 4 is 29.3 Å². The van der Waals surface area contributed by atoms with E-state index in [0.29, 0.717) is 0 Å². The van der Waals surface area contributed by atoms with Gasteiger partial charge in [-0.25, -0.2) is 4.79 Å². The normalized spacial score (nSPS) is 10.4. The molecular weight excluding hydrogens is 152 g/mol. The van der Waals surface area contributed by atoms with Crippen molar-refractivity contribution in [2.75, 3.05) is 14.2 Å². The molecule has 0 heterocycles. The quantitative estimate of drug-likeness (QED) is 0.267. The average Bonchev–Trinajstić information content (AvgIpc) is 1.99. The number of rotatable bonds is 3. The average molecular weight is 160 g/mol. The van der Waals surface area contributed by atoms with Gasteiger partial charge in [0.1, 0.15) is 0 Å². The fourth-order valence-electron chi connectivity index (χ4n) is 0.345. The van der Waals surface area contributed by atoms with Crippen molar-refractivity contribution in [2.24, 2.45) is 5.10 Å². The number of carbonyl (C=O) groups is 1. The zero-order chi connectivity index (χ0) is 7.98. The van der Waals surface area contributed by atoms with Crippen molar-refractivity contribution in [3.05, 3.63) is 0 Å². The largest absolute Gasteiger partial charge is 0.464 e. The molecule has 1 N–H and O–H groups in total. The number of nitrogens with zero attached hydrogens (tertiary/aromatic N) is 1. The van der Waals surface area contributed by atoms with E-state index in [1.54, 1.807) is 7.05 Å². The Labute approximate surface area is 64.2 Å². The minimum absolute atomic E-state index is 0.0972. The highest BCUT2D eigenvalue weighted by molar-refractivity contribution is 7.80. The summed E-state index contributed by atoms with van der Waals surface area (Å²) in [5.41, 5.74) is 2.52. The van der Waals surface area contributed by atoms with Crippen LogP contribution in [-0.2, 0) is 9.53 Å². The Hall–Kier alpha value is -0.970. The van der Waals surface area contributed by atoms with Crippen molar-refractivity contribution in [1.82, 2.24) is 5.43 Å². The number of carbonyl (C=O) groups excluding carboxylic acids is 1. The van der Waals surface area contributed by atoms with Gasteiger partial charge in [-0.15, -0.1) is 0 Å². The number of methoxy groups -OCH3 is 1. The van der Waals surface area contributed by atoms with E-state index in [1.807, 2.05) is 0 Å². The number of hydrazone groups is 1. The zero-order valence-electron chi connectivity index (χ0n) is 5.75. The van der Waals surface area contributed by atoms with Gasteiger partial charge in [0, 0.05) is 12.4 Å². The van der Waals surface area contributed by atoms with Crippen LogP contribution in [-0.4, -0.2) is 31.2 Å². The van der Waals surface area contributed by atoms with Crippen molar-refractivity contribution in [2.45, 2.75) is 0 Å². The Balaban J connectivity index is 4.20. The zero-order valence-corrected chi connectivity index (χ0v) is 6.57. The number of hydrogen-bond donors (Lipinski definition) is 1. The van der Waals surface area contributed by atoms with Crippen LogP contribution >= 0.6 is 12.2 Å². The molecular formula is C5H8N2O2S. The molecule has 5 heteroatoms. The first kappa shape index (κ1) is 9.03. The van der Waals surface area contributed by atoms with Gasteiger partial charge in [-0.05, 0) is 0 Å². The van der Waals surface area contributed by atoms with Crippen LogP contribution in [0.4, 0.5) is 0 Å². The van der Waals surface area contributed by atoms with Gasteiger partial charge >= 0.3 is 5.97 Å². The maximum absolute atomic E-state index is 10.6. The topological polar surface area (TPSA) is 50.7 Å². The molecule has 0 saturated heterocycles. The van der Waals surface area contributed by atoms with Gasteiger partial charge in [0.25, 0.3) is 0 Å². The highest BCUT2D eigenvalue weighted by Crippen LogP contribution is 1.78. The Morgan fingerprint density at radius 3 is 2.70 bits per heavy atom. The SMILES string of the molecule is CNN=C(C=S)C(=O)OC. The van der Waals surface area contributed by atoms with E-state index >= 15 is 0 Å². The van der Waals surface area contributed by atoms with E-state index in [1.165, 1.54) is 7.11 Å². The maximum Gasteiger partial charge on any atom is 0.359 e. The van der Waals surface area contributed by atoms with E-state index in [2.05, 4.69) is 27.5 Å². The van der Waals surface area contributed by atoms with Crippen LogP contribution in [0.1, 0.15) is 0 Å². The van der Waals surface area contributed by atoms with Gasteiger partial charge in [0.15, 0.2) is 5.71 Å². The van der Waals surface area contributed by atoms with Crippen LogP contribution in [0.15, 0.2) is 5.10 Å². The lowest BCUT2D eigenvalue weighted by Crippen LogP contribution is -2.19. The first-order valence-corrected chi connectivity index (χ1v) is 3.01. The van der Waals surface area contributed by atoms with Gasteiger partial charge in [-0.2, -0.15) is 5.10 Å². The summed E-state index contributed by atoms with van der Waals surface area (Å²) >= 11 is 4.48. The van der Waals surface area contributed by atoms with Crippen LogP contribution in [0, 0.1) is 0 Å². The fourth-order valence-corrected chi connectivity index (χ4v) is 0.494. The maximum atomic E-state index is 10.6. The van der Waals surface area contributed by atoms with Gasteiger partial charge in [0.2, 0.25) is 0 Å². The molecule has 0 aromatic rings. The summed E-state index contributed by atoms with van der Waals surface area (Å²) in [4.78, 5) is 10.6. The highest BCUT2D eigenvalue weighted by Gasteiger charge is 2.06. The summed E-state index contributed by atoms with van der Waals surface area (Å²) in [5.74, 6) is -0.538. The Kier molecular flexibility index (Phi) is 4.39. The molecule has 0 atom stereocenters. The molecule has 0 aromatic carbocycles. The molecule has 56 valence electrons. The first-order valence-electron chi connectivity index (χ1n) is 2.54. The first-order chi connectivity index (χ1) is 4.76. The van der Waals surface area contributed by atoms with Crippen LogP contribution in [0.2, 0.25) is 0 Å². The van der Waals surface area contributed by atoms with E-state index in [-0.39, 0.29) is 5.71 Å². The van der Waals surface area contributed by atoms with Crippen molar-refractivity contribution < 1.29 is 9.53 Å². The standard InChI is InChI=1S/C5H8N2O2S/c1-6-7-4(3-10)5(8)9-2/h3,6H,1-2H3. The van der Waals surface area contributed by atoms with E-state index in [4.69, 9.17) is 0 Å². The second kappa shape index (κ2) is 4.87. The summed E-state index contributed by atoms with van der Waals surface area (Å²) in [7, 11) is 2.84. The second-order valence-corrected chi connectivity index (χ2v) is 1.57. The van der Waals surface area contributed by atoms with E-state index in [9.17, 15) is 4.79 Å². The molecule has 0 fully saturated rings. The molecule has 0 unspecified atom stereocenters. The van der Waals surface area contributed by atoms with Crippen LogP contribution in [0.3, 0.4) is 0 Å². The number of esters is 1. The molecule has 0 aliphatic carbocycles. The monoisotopic (exact) mass is 160 g/mol. The molecule has 0 radical (unpaired) electrons. The molecule has 10 heavy (non-hydrogen) atoms. The molecule has 0 bridgehead atoms. The Bertz CT molecular complexity index is 167. The molecule has 0 rings (SSSR count). The minimum atomic E-state index is -0.538. The van der Waals surface area contributed by atoms with Gasteiger partial charge in [-0.3, -0.25) is 0 Å². The third-order valence-electron chi connectivity index (χ3n) is 0.738. The van der Waals surface area contributed by atoms with Crippen molar-refractivity contribution in [3.63, 3.8) is 0 Å². The summed E-state index contributed by atoms with van der Waals surface area (Å²) in [5, 5.41) is 4.70. The lowest BCUT2D eigenvalue weighted by Gasteiger charge is -1.95. The summed E-state index contributed by atoms with van der Waals surface area (Å²) < 4.78 is 4.35. The van der Waals surface area contributed by atoms with Crippen LogP contribution < -0.4 is 5.43 Å². The lowest BCUT2D eigenvalue weighted by molar-refractivity contribution is -0.132. The second-order valence-electron chi connectivity index (χ2n) is 1.33. The minimum Gasteiger partial charge on any atom is -0.464 e. The summed E-state index contributed by atoms with van der Waals surface area (Å²) in [6.07, 6.45) is 0. The van der Waals surface area contributed by atoms with Crippen LogP contribution in [0.5, 0.6) is 0 Å². The molecule has 0 aliphatic heterocycles. The summed E-state index contributed by atoms with van der Waals surface area (Å²) in [6.45, 7) is 0. The molecule has 0 aliphatic rings. The molecule has 4 nitrogen and oxygen atoms in total. The highest BCUT2D eigenvalue weighted by atomic mass is 32.1. The number of nitrogens with one attached hydrogen (secondary N) is 1. The van der Waals surface area contributed by atoms with Crippen molar-refractivity contribution in [1.29, 1.82) is 0 Å². The summed E-state index contributed by atoms with van der Waals surface area (Å²) in [6, 6.07) is 0. The van der Waals surface area contributed by atoms with Gasteiger partial charge in [-0.1, -0.05) is 12.2 Å². The molecule has 0 aromatic heterocycles. The smallest absolute Gasteiger partial charge is 0.359 e. The fraction of sp³-hybridized carbons (Fsp3) is 0.400. The third kappa shape index (κ3) is 2.54. The van der Waals surface area contributed by atoms with Crippen molar-refractivity contribution in [3.8, 4) is 0 Å². The van der Waals surface area contributed by atoms with Gasteiger partial charge in [0.05, 0.1) is 7.11 Å². The van der Waals surface area contributed by atoms with Gasteiger partial charge < -0.3 is 10.2 Å². The van der Waals surface area contributed by atoms with E-state index < -0.39 is 5.97 Å².